The van der Waals surface area contributed by atoms with Gasteiger partial charge in [0.1, 0.15) is 0 Å². The predicted octanol–water partition coefficient (Wildman–Crippen LogP) is 4.32. The van der Waals surface area contributed by atoms with E-state index in [9.17, 15) is 13.2 Å². The monoisotopic (exact) mass is 308 g/mol. The van der Waals surface area contributed by atoms with Gasteiger partial charge >= 0.3 is 6.18 Å². The van der Waals surface area contributed by atoms with Crippen LogP contribution in [-0.4, -0.2) is 11.4 Å². The van der Waals surface area contributed by atoms with Crippen molar-refractivity contribution in [2.75, 3.05) is 5.33 Å². The van der Waals surface area contributed by atoms with Gasteiger partial charge in [0.25, 0.3) is 0 Å². The zero-order chi connectivity index (χ0) is 12.5. The SMILES string of the molecule is FC(F)(F)c1ccc([C@@H]2CC[C@H](CBr)O2)cc1. The van der Waals surface area contributed by atoms with Crippen LogP contribution in [0.3, 0.4) is 0 Å². The Morgan fingerprint density at radius 1 is 1.18 bits per heavy atom. The van der Waals surface area contributed by atoms with Crippen LogP contribution >= 0.6 is 15.9 Å². The first-order valence-corrected chi connectivity index (χ1v) is 6.51. The number of alkyl halides is 4. The van der Waals surface area contributed by atoms with E-state index in [0.29, 0.717) is 0 Å². The van der Waals surface area contributed by atoms with Crippen molar-refractivity contribution in [2.24, 2.45) is 0 Å². The molecule has 1 aliphatic heterocycles. The van der Waals surface area contributed by atoms with Crippen LogP contribution in [0, 0.1) is 0 Å². The third-order valence-corrected chi connectivity index (χ3v) is 3.61. The van der Waals surface area contributed by atoms with E-state index in [1.54, 1.807) is 0 Å². The van der Waals surface area contributed by atoms with Crippen molar-refractivity contribution in [1.29, 1.82) is 0 Å². The minimum Gasteiger partial charge on any atom is -0.369 e. The van der Waals surface area contributed by atoms with Crippen LogP contribution in [0.5, 0.6) is 0 Å². The number of hydrogen-bond donors (Lipinski definition) is 0. The highest BCUT2D eigenvalue weighted by Crippen LogP contribution is 2.35. The van der Waals surface area contributed by atoms with E-state index in [4.69, 9.17) is 4.74 Å². The van der Waals surface area contributed by atoms with Gasteiger partial charge in [0, 0.05) is 5.33 Å². The molecule has 0 radical (unpaired) electrons. The second-order valence-corrected chi connectivity index (χ2v) is 4.75. The van der Waals surface area contributed by atoms with Crippen LogP contribution < -0.4 is 0 Å². The van der Waals surface area contributed by atoms with Gasteiger partial charge < -0.3 is 4.74 Å². The number of rotatable bonds is 2. The summed E-state index contributed by atoms with van der Waals surface area (Å²) in [5.41, 5.74) is 0.206. The molecule has 1 fully saturated rings. The Balaban J connectivity index is 2.09. The molecule has 0 amide bonds. The molecule has 0 N–H and O–H groups in total. The van der Waals surface area contributed by atoms with Crippen LogP contribution in [0.25, 0.3) is 0 Å². The normalized spacial score (nSPS) is 25.2. The molecule has 0 spiro atoms. The van der Waals surface area contributed by atoms with Crippen molar-refractivity contribution in [3.63, 3.8) is 0 Å². The lowest BCUT2D eigenvalue weighted by Crippen LogP contribution is -2.08. The first-order valence-electron chi connectivity index (χ1n) is 5.39. The Kier molecular flexibility index (Phi) is 3.78. The molecule has 1 saturated heterocycles. The smallest absolute Gasteiger partial charge is 0.369 e. The highest BCUT2D eigenvalue weighted by molar-refractivity contribution is 9.09. The average Bonchev–Trinajstić information content (AvgIpc) is 2.76. The van der Waals surface area contributed by atoms with Gasteiger partial charge in [0.15, 0.2) is 0 Å². The maximum Gasteiger partial charge on any atom is 0.416 e. The van der Waals surface area contributed by atoms with E-state index in [-0.39, 0.29) is 12.2 Å². The Hall–Kier alpha value is -0.550. The Bertz CT molecular complexity index is 374. The molecule has 1 aromatic carbocycles. The summed E-state index contributed by atoms with van der Waals surface area (Å²) >= 11 is 3.34. The first kappa shape index (κ1) is 12.9. The van der Waals surface area contributed by atoms with E-state index in [1.807, 2.05) is 0 Å². The summed E-state index contributed by atoms with van der Waals surface area (Å²) < 4.78 is 42.8. The zero-order valence-corrected chi connectivity index (χ0v) is 10.6. The largest absolute Gasteiger partial charge is 0.416 e. The summed E-state index contributed by atoms with van der Waals surface area (Å²) in [5, 5.41) is 0.768. The highest BCUT2D eigenvalue weighted by Gasteiger charge is 2.31. The van der Waals surface area contributed by atoms with Gasteiger partial charge in [0.2, 0.25) is 0 Å². The third-order valence-electron chi connectivity index (χ3n) is 2.89. The van der Waals surface area contributed by atoms with Crippen molar-refractivity contribution in [1.82, 2.24) is 0 Å². The molecular formula is C12H12BrF3O. The van der Waals surface area contributed by atoms with Gasteiger partial charge in [-0.1, -0.05) is 28.1 Å². The summed E-state index contributed by atoms with van der Waals surface area (Å²) in [4.78, 5) is 0. The van der Waals surface area contributed by atoms with Crippen molar-refractivity contribution in [2.45, 2.75) is 31.2 Å². The first-order chi connectivity index (χ1) is 8.00. The Morgan fingerprint density at radius 3 is 2.29 bits per heavy atom. The van der Waals surface area contributed by atoms with Gasteiger partial charge in [-0.3, -0.25) is 0 Å². The van der Waals surface area contributed by atoms with Gasteiger partial charge in [-0.15, -0.1) is 0 Å². The maximum absolute atomic E-state index is 12.4. The van der Waals surface area contributed by atoms with Crippen molar-refractivity contribution in [3.05, 3.63) is 35.4 Å². The van der Waals surface area contributed by atoms with Gasteiger partial charge in [0.05, 0.1) is 17.8 Å². The van der Waals surface area contributed by atoms with Crippen LogP contribution in [0.2, 0.25) is 0 Å². The van der Waals surface area contributed by atoms with Crippen molar-refractivity contribution >= 4 is 15.9 Å². The van der Waals surface area contributed by atoms with E-state index < -0.39 is 11.7 Å². The van der Waals surface area contributed by atoms with Crippen LogP contribution in [0.4, 0.5) is 13.2 Å². The lowest BCUT2D eigenvalue weighted by molar-refractivity contribution is -0.137. The summed E-state index contributed by atoms with van der Waals surface area (Å²) in [5.74, 6) is 0. The van der Waals surface area contributed by atoms with Gasteiger partial charge in [-0.25, -0.2) is 0 Å². The summed E-state index contributed by atoms with van der Waals surface area (Å²) in [6.45, 7) is 0. The second-order valence-electron chi connectivity index (χ2n) is 4.10. The molecular weight excluding hydrogens is 297 g/mol. The number of hydrogen-bond acceptors (Lipinski definition) is 1. The van der Waals surface area contributed by atoms with Crippen LogP contribution in [0.1, 0.15) is 30.1 Å². The average molecular weight is 309 g/mol. The van der Waals surface area contributed by atoms with Crippen molar-refractivity contribution in [3.8, 4) is 0 Å². The predicted molar refractivity (Wildman–Crippen MR) is 62.1 cm³/mol. The third kappa shape index (κ3) is 3.01. The number of ether oxygens (including phenoxy) is 1. The van der Waals surface area contributed by atoms with E-state index in [0.717, 1.165) is 35.9 Å². The molecule has 0 aromatic heterocycles. The number of halogens is 4. The molecule has 1 aliphatic rings. The molecule has 1 aromatic rings. The fraction of sp³-hybridized carbons (Fsp3) is 0.500. The van der Waals surface area contributed by atoms with Crippen LogP contribution in [0.15, 0.2) is 24.3 Å². The minimum absolute atomic E-state index is 0.0696. The Labute approximate surface area is 106 Å². The molecule has 0 aliphatic carbocycles. The summed E-state index contributed by atoms with van der Waals surface area (Å²) in [7, 11) is 0. The van der Waals surface area contributed by atoms with Crippen molar-refractivity contribution < 1.29 is 17.9 Å². The molecule has 94 valence electrons. The molecule has 2 rings (SSSR count). The molecule has 17 heavy (non-hydrogen) atoms. The minimum atomic E-state index is -4.27. The molecule has 2 atom stereocenters. The molecule has 0 unspecified atom stereocenters. The van der Waals surface area contributed by atoms with Crippen LogP contribution in [-0.2, 0) is 10.9 Å². The number of benzene rings is 1. The molecule has 0 saturated carbocycles. The van der Waals surface area contributed by atoms with Gasteiger partial charge in [-0.05, 0) is 30.5 Å². The molecule has 1 nitrogen and oxygen atoms in total. The lowest BCUT2D eigenvalue weighted by atomic mass is 10.0. The highest BCUT2D eigenvalue weighted by atomic mass is 79.9. The quantitative estimate of drug-likeness (QED) is 0.739. The summed E-state index contributed by atoms with van der Waals surface area (Å²) in [6.07, 6.45) is -2.37. The van der Waals surface area contributed by atoms with E-state index in [1.165, 1.54) is 12.1 Å². The summed E-state index contributed by atoms with van der Waals surface area (Å²) in [6, 6.07) is 5.23. The van der Waals surface area contributed by atoms with E-state index in [2.05, 4.69) is 15.9 Å². The van der Waals surface area contributed by atoms with Gasteiger partial charge in [-0.2, -0.15) is 13.2 Å². The fourth-order valence-electron chi connectivity index (χ4n) is 1.95. The molecule has 0 bridgehead atoms. The molecule has 5 heteroatoms. The standard InChI is InChI=1S/C12H12BrF3O/c13-7-10-5-6-11(17-10)8-1-3-9(4-2-8)12(14,15)16/h1-4,10-11H,5-7H2/t10-,11+/m1/s1. The Morgan fingerprint density at radius 2 is 1.82 bits per heavy atom. The lowest BCUT2D eigenvalue weighted by Gasteiger charge is -2.13. The van der Waals surface area contributed by atoms with E-state index >= 15 is 0 Å². The zero-order valence-electron chi connectivity index (χ0n) is 9.01. The molecule has 1 heterocycles. The topological polar surface area (TPSA) is 9.23 Å². The fourth-order valence-corrected chi connectivity index (χ4v) is 2.43. The second kappa shape index (κ2) is 4.98. The maximum atomic E-state index is 12.4.